The fourth-order valence-electron chi connectivity index (χ4n) is 1.46. The van der Waals surface area contributed by atoms with Crippen LogP contribution in [0.3, 0.4) is 0 Å². The molecule has 2 nitrogen and oxygen atoms in total. The van der Waals surface area contributed by atoms with Gasteiger partial charge in [0.15, 0.2) is 0 Å². The lowest BCUT2D eigenvalue weighted by molar-refractivity contribution is 0.308. The lowest BCUT2D eigenvalue weighted by Crippen LogP contribution is -2.41. The first-order valence-electron chi connectivity index (χ1n) is 5.06. The highest BCUT2D eigenvalue weighted by Gasteiger charge is 2.38. The van der Waals surface area contributed by atoms with Gasteiger partial charge < -0.3 is 0 Å². The highest BCUT2D eigenvalue weighted by Crippen LogP contribution is 2.36. The minimum atomic E-state index is -0.448. The molecule has 0 N–H and O–H groups in total. The minimum Gasteiger partial charge on any atom is -0.211 e. The summed E-state index contributed by atoms with van der Waals surface area (Å²) in [5.74, 6) is 0. The molecule has 0 amide bonds. The fraction of sp³-hybridized carbons (Fsp3) is 0.462. The maximum Gasteiger partial charge on any atom is 0.235 e. The van der Waals surface area contributed by atoms with Crippen molar-refractivity contribution in [2.45, 2.75) is 38.6 Å². The molecule has 2 heteroatoms. The van der Waals surface area contributed by atoms with Gasteiger partial charge in [0, 0.05) is 5.41 Å². The molecule has 0 atom stereocenters. The molecule has 1 aromatic carbocycles. The van der Waals surface area contributed by atoms with E-state index in [0.29, 0.717) is 0 Å². The second-order valence-electron chi connectivity index (χ2n) is 4.75. The van der Waals surface area contributed by atoms with Gasteiger partial charge in [0.2, 0.25) is 6.08 Å². The van der Waals surface area contributed by atoms with Gasteiger partial charge in [0.1, 0.15) is 0 Å². The van der Waals surface area contributed by atoms with Crippen LogP contribution in [0.4, 0.5) is 0 Å². The molecule has 1 aromatic rings. The van der Waals surface area contributed by atoms with Gasteiger partial charge in [-0.1, -0.05) is 44.2 Å². The van der Waals surface area contributed by atoms with Gasteiger partial charge in [-0.3, -0.25) is 0 Å². The van der Waals surface area contributed by atoms with Crippen molar-refractivity contribution in [3.8, 4) is 0 Å². The van der Waals surface area contributed by atoms with Crippen LogP contribution in [0.1, 0.15) is 33.3 Å². The number of isocyanates is 1. The summed E-state index contributed by atoms with van der Waals surface area (Å²) in [6, 6.07) is 10.1. The van der Waals surface area contributed by atoms with Crippen molar-refractivity contribution in [3.63, 3.8) is 0 Å². The standard InChI is InChI=1S/C13H17NO/c1-12(2,13(3,4)14-10-15)11-8-6-5-7-9-11/h5-9H,1-4H3. The van der Waals surface area contributed by atoms with E-state index in [1.165, 1.54) is 5.56 Å². The smallest absolute Gasteiger partial charge is 0.211 e. The van der Waals surface area contributed by atoms with E-state index in [2.05, 4.69) is 31.0 Å². The molecule has 0 unspecified atom stereocenters. The second-order valence-corrected chi connectivity index (χ2v) is 4.75. The van der Waals surface area contributed by atoms with Crippen LogP contribution in [-0.4, -0.2) is 11.6 Å². The molecule has 0 saturated heterocycles. The summed E-state index contributed by atoms with van der Waals surface area (Å²) in [6.45, 7) is 8.07. The van der Waals surface area contributed by atoms with Crippen molar-refractivity contribution in [2.75, 3.05) is 0 Å². The quantitative estimate of drug-likeness (QED) is 0.548. The predicted octanol–water partition coefficient (Wildman–Crippen LogP) is 3.08. The highest BCUT2D eigenvalue weighted by atomic mass is 16.1. The van der Waals surface area contributed by atoms with E-state index >= 15 is 0 Å². The first kappa shape index (κ1) is 11.7. The van der Waals surface area contributed by atoms with Gasteiger partial charge in [0.25, 0.3) is 0 Å². The molecule has 0 heterocycles. The number of aliphatic imine (C=N–C) groups is 1. The topological polar surface area (TPSA) is 29.4 Å². The zero-order valence-electron chi connectivity index (χ0n) is 9.74. The molecule has 0 aromatic heterocycles. The Kier molecular flexibility index (Phi) is 3.11. The molecule has 0 aliphatic carbocycles. The van der Waals surface area contributed by atoms with E-state index in [1.807, 2.05) is 32.0 Å². The van der Waals surface area contributed by atoms with Crippen molar-refractivity contribution >= 4 is 6.08 Å². The molecule has 0 bridgehead atoms. The highest BCUT2D eigenvalue weighted by molar-refractivity contribution is 5.37. The Hall–Kier alpha value is -1.40. The van der Waals surface area contributed by atoms with E-state index in [4.69, 9.17) is 0 Å². The number of carbonyl (C=O) groups excluding carboxylic acids is 1. The van der Waals surface area contributed by atoms with Crippen molar-refractivity contribution in [1.29, 1.82) is 0 Å². The maximum atomic E-state index is 10.4. The number of hydrogen-bond acceptors (Lipinski definition) is 2. The number of benzene rings is 1. The largest absolute Gasteiger partial charge is 0.235 e. The lowest BCUT2D eigenvalue weighted by Gasteiger charge is -2.37. The van der Waals surface area contributed by atoms with Crippen molar-refractivity contribution in [2.24, 2.45) is 4.99 Å². The summed E-state index contributed by atoms with van der Waals surface area (Å²) in [7, 11) is 0. The summed E-state index contributed by atoms with van der Waals surface area (Å²) >= 11 is 0. The summed E-state index contributed by atoms with van der Waals surface area (Å²) in [4.78, 5) is 14.3. The number of nitrogens with zero attached hydrogens (tertiary/aromatic N) is 1. The van der Waals surface area contributed by atoms with Crippen LogP contribution in [0.2, 0.25) is 0 Å². The minimum absolute atomic E-state index is 0.189. The molecule has 0 aliphatic heterocycles. The van der Waals surface area contributed by atoms with Crippen molar-refractivity contribution in [3.05, 3.63) is 35.9 Å². The van der Waals surface area contributed by atoms with E-state index in [1.54, 1.807) is 6.08 Å². The summed E-state index contributed by atoms with van der Waals surface area (Å²) in [5.41, 5.74) is 0.538. The Balaban J connectivity index is 3.18. The summed E-state index contributed by atoms with van der Waals surface area (Å²) < 4.78 is 0. The first-order valence-corrected chi connectivity index (χ1v) is 5.06. The molecule has 1 rings (SSSR count). The van der Waals surface area contributed by atoms with Crippen molar-refractivity contribution < 1.29 is 4.79 Å². The zero-order chi connectivity index (χ0) is 11.5. The fourth-order valence-corrected chi connectivity index (χ4v) is 1.46. The van der Waals surface area contributed by atoms with E-state index in [9.17, 15) is 4.79 Å². The Morgan fingerprint density at radius 1 is 1.07 bits per heavy atom. The number of hydrogen-bond donors (Lipinski definition) is 0. The average molecular weight is 203 g/mol. The molecule has 0 saturated carbocycles. The Morgan fingerprint density at radius 3 is 2.07 bits per heavy atom. The summed E-state index contributed by atoms with van der Waals surface area (Å²) in [5, 5.41) is 0. The van der Waals surface area contributed by atoms with Gasteiger partial charge in [-0.2, -0.15) is 4.99 Å². The van der Waals surface area contributed by atoms with Crippen LogP contribution < -0.4 is 0 Å². The van der Waals surface area contributed by atoms with Gasteiger partial charge in [-0.15, -0.1) is 0 Å². The maximum absolute atomic E-state index is 10.4. The van der Waals surface area contributed by atoms with E-state index < -0.39 is 5.54 Å². The monoisotopic (exact) mass is 203 g/mol. The van der Waals surface area contributed by atoms with Crippen LogP contribution in [0.25, 0.3) is 0 Å². The van der Waals surface area contributed by atoms with Gasteiger partial charge in [0.05, 0.1) is 5.54 Å². The predicted molar refractivity (Wildman–Crippen MR) is 61.7 cm³/mol. The van der Waals surface area contributed by atoms with Crippen LogP contribution in [-0.2, 0) is 10.2 Å². The Labute approximate surface area is 91.0 Å². The molecule has 80 valence electrons. The van der Waals surface area contributed by atoms with Gasteiger partial charge in [-0.25, -0.2) is 4.79 Å². The van der Waals surface area contributed by atoms with E-state index in [-0.39, 0.29) is 5.41 Å². The SMILES string of the molecule is CC(C)(N=C=O)C(C)(C)c1ccccc1. The lowest BCUT2D eigenvalue weighted by atomic mass is 9.70. The molecular formula is C13H17NO. The van der Waals surface area contributed by atoms with Gasteiger partial charge in [-0.05, 0) is 19.4 Å². The first-order chi connectivity index (χ1) is 6.92. The Morgan fingerprint density at radius 2 is 1.60 bits per heavy atom. The van der Waals surface area contributed by atoms with Crippen molar-refractivity contribution in [1.82, 2.24) is 0 Å². The van der Waals surface area contributed by atoms with Gasteiger partial charge >= 0.3 is 0 Å². The number of rotatable bonds is 3. The molecule has 0 spiro atoms. The Bertz CT molecular complexity index is 373. The molecule has 0 aliphatic rings. The normalized spacial score (nSPS) is 12.0. The molecule has 0 fully saturated rings. The second kappa shape index (κ2) is 4.00. The summed E-state index contributed by atoms with van der Waals surface area (Å²) in [6.07, 6.45) is 1.66. The van der Waals surface area contributed by atoms with Crippen LogP contribution in [0.15, 0.2) is 35.3 Å². The van der Waals surface area contributed by atoms with Crippen LogP contribution >= 0.6 is 0 Å². The molecule has 0 radical (unpaired) electrons. The molecular weight excluding hydrogens is 186 g/mol. The average Bonchev–Trinajstić information content (AvgIpc) is 2.19. The third-order valence-electron chi connectivity index (χ3n) is 3.35. The van der Waals surface area contributed by atoms with E-state index in [0.717, 1.165) is 0 Å². The molecule has 15 heavy (non-hydrogen) atoms. The van der Waals surface area contributed by atoms with Crippen LogP contribution in [0, 0.1) is 0 Å². The third kappa shape index (κ3) is 2.16. The van der Waals surface area contributed by atoms with Crippen LogP contribution in [0.5, 0.6) is 0 Å². The zero-order valence-corrected chi connectivity index (χ0v) is 9.74. The third-order valence-corrected chi connectivity index (χ3v) is 3.35.